The van der Waals surface area contributed by atoms with Crippen LogP contribution in [0.3, 0.4) is 0 Å². The van der Waals surface area contributed by atoms with Gasteiger partial charge in [0.2, 0.25) is 0 Å². The van der Waals surface area contributed by atoms with E-state index in [0.717, 1.165) is 47.5 Å². The molecule has 4 aromatic rings. The van der Waals surface area contributed by atoms with Gasteiger partial charge in [-0.25, -0.2) is 4.40 Å². The molecular formula is C23H27N7O. The summed E-state index contributed by atoms with van der Waals surface area (Å²) in [6.07, 6.45) is 2.76. The molecule has 8 heteroatoms. The monoisotopic (exact) mass is 417 g/mol. The maximum atomic E-state index is 6.06. The van der Waals surface area contributed by atoms with E-state index in [4.69, 9.17) is 4.74 Å². The first-order valence-corrected chi connectivity index (χ1v) is 10.8. The number of para-hydroxylation sites is 1. The lowest BCUT2D eigenvalue weighted by Crippen LogP contribution is -2.44. The zero-order valence-electron chi connectivity index (χ0n) is 17.7. The Balaban J connectivity index is 1.19. The van der Waals surface area contributed by atoms with E-state index in [9.17, 15) is 0 Å². The minimum absolute atomic E-state index is 0.451. The van der Waals surface area contributed by atoms with Crippen LogP contribution in [0.4, 0.5) is 5.69 Å². The van der Waals surface area contributed by atoms with Gasteiger partial charge < -0.3 is 19.9 Å². The normalized spacial score (nSPS) is 15.5. The SMILES string of the molecule is CN1CCN(CCCNc2ccc(Oc3nc4ccccc4c4nncn34)cc2)CC1. The molecule has 1 aliphatic rings. The van der Waals surface area contributed by atoms with Crippen molar-refractivity contribution in [1.29, 1.82) is 0 Å². The average Bonchev–Trinajstić information content (AvgIpc) is 3.30. The zero-order valence-corrected chi connectivity index (χ0v) is 17.7. The summed E-state index contributed by atoms with van der Waals surface area (Å²) in [6, 6.07) is 16.3. The predicted octanol–water partition coefficient (Wildman–Crippen LogP) is 3.12. The van der Waals surface area contributed by atoms with Gasteiger partial charge in [0, 0.05) is 43.8 Å². The highest BCUT2D eigenvalue weighted by molar-refractivity contribution is 5.91. The molecule has 0 amide bonds. The van der Waals surface area contributed by atoms with Crippen LogP contribution >= 0.6 is 0 Å². The Morgan fingerprint density at radius 2 is 1.81 bits per heavy atom. The number of nitrogens with zero attached hydrogens (tertiary/aromatic N) is 6. The number of rotatable bonds is 7. The number of nitrogens with one attached hydrogen (secondary N) is 1. The molecule has 5 rings (SSSR count). The fourth-order valence-electron chi connectivity index (χ4n) is 3.90. The smallest absolute Gasteiger partial charge is 0.309 e. The van der Waals surface area contributed by atoms with E-state index in [2.05, 4.69) is 37.3 Å². The summed E-state index contributed by atoms with van der Waals surface area (Å²) < 4.78 is 7.83. The molecule has 3 heterocycles. The Hall–Kier alpha value is -3.23. The van der Waals surface area contributed by atoms with Gasteiger partial charge in [-0.3, -0.25) is 0 Å². The first kappa shape index (κ1) is 19.7. The summed E-state index contributed by atoms with van der Waals surface area (Å²) >= 11 is 0. The van der Waals surface area contributed by atoms with Crippen molar-refractivity contribution in [3.63, 3.8) is 0 Å². The summed E-state index contributed by atoms with van der Waals surface area (Å²) in [5, 5.41) is 12.7. The molecule has 31 heavy (non-hydrogen) atoms. The molecule has 8 nitrogen and oxygen atoms in total. The first-order valence-electron chi connectivity index (χ1n) is 10.8. The minimum atomic E-state index is 0.451. The second-order valence-corrected chi connectivity index (χ2v) is 7.99. The lowest BCUT2D eigenvalue weighted by molar-refractivity contribution is 0.154. The highest BCUT2D eigenvalue weighted by Gasteiger charge is 2.13. The van der Waals surface area contributed by atoms with Crippen molar-refractivity contribution < 1.29 is 4.74 Å². The largest absolute Gasteiger partial charge is 0.425 e. The van der Waals surface area contributed by atoms with Crippen LogP contribution in [0.5, 0.6) is 11.8 Å². The number of hydrogen-bond donors (Lipinski definition) is 1. The van der Waals surface area contributed by atoms with Gasteiger partial charge in [-0.1, -0.05) is 12.1 Å². The summed E-state index contributed by atoms with van der Waals surface area (Å²) in [6.45, 7) is 6.78. The van der Waals surface area contributed by atoms with Gasteiger partial charge in [0.1, 0.15) is 12.1 Å². The maximum Gasteiger partial charge on any atom is 0.309 e. The maximum absolute atomic E-state index is 6.06. The van der Waals surface area contributed by atoms with Gasteiger partial charge in [0.25, 0.3) is 0 Å². The molecule has 0 aliphatic carbocycles. The van der Waals surface area contributed by atoms with Crippen molar-refractivity contribution in [3.05, 3.63) is 54.9 Å². The van der Waals surface area contributed by atoms with Crippen molar-refractivity contribution >= 4 is 22.2 Å². The third kappa shape index (κ3) is 4.45. The standard InChI is InChI=1S/C23H27N7O/c1-28-13-15-29(16-14-28)12-4-11-24-18-7-9-19(10-8-18)31-23-26-21-6-3-2-5-20(21)22-27-25-17-30(22)23/h2-3,5-10,17,24H,4,11-16H2,1H3. The number of benzene rings is 2. The van der Waals surface area contributed by atoms with Gasteiger partial charge in [-0.15, -0.1) is 10.2 Å². The van der Waals surface area contributed by atoms with E-state index in [1.54, 1.807) is 10.7 Å². The van der Waals surface area contributed by atoms with Gasteiger partial charge in [-0.05, 0) is 56.4 Å². The van der Waals surface area contributed by atoms with Crippen LogP contribution in [-0.2, 0) is 0 Å². The molecule has 1 N–H and O–H groups in total. The molecule has 2 aromatic heterocycles. The molecular weight excluding hydrogens is 390 g/mol. The quantitative estimate of drug-likeness (QED) is 0.463. The van der Waals surface area contributed by atoms with Crippen molar-refractivity contribution in [1.82, 2.24) is 29.4 Å². The highest BCUT2D eigenvalue weighted by Crippen LogP contribution is 2.26. The van der Waals surface area contributed by atoms with Crippen molar-refractivity contribution in [3.8, 4) is 11.8 Å². The van der Waals surface area contributed by atoms with E-state index >= 15 is 0 Å². The number of piperazine rings is 1. The summed E-state index contributed by atoms with van der Waals surface area (Å²) in [5.41, 5.74) is 2.66. The summed E-state index contributed by atoms with van der Waals surface area (Å²) in [4.78, 5) is 9.57. The van der Waals surface area contributed by atoms with E-state index in [1.807, 2.05) is 48.5 Å². The number of likely N-dealkylation sites (N-methyl/N-ethyl adjacent to an activating group) is 1. The molecule has 0 unspecified atom stereocenters. The fourth-order valence-corrected chi connectivity index (χ4v) is 3.90. The Labute approximate surface area is 181 Å². The number of aromatic nitrogens is 4. The summed E-state index contributed by atoms with van der Waals surface area (Å²) in [5.74, 6) is 0.723. The van der Waals surface area contributed by atoms with E-state index in [1.165, 1.54) is 26.2 Å². The number of hydrogen-bond acceptors (Lipinski definition) is 7. The van der Waals surface area contributed by atoms with Gasteiger partial charge in [-0.2, -0.15) is 4.98 Å². The molecule has 0 spiro atoms. The van der Waals surface area contributed by atoms with Crippen LogP contribution in [0.1, 0.15) is 6.42 Å². The second-order valence-electron chi connectivity index (χ2n) is 7.99. The molecule has 0 atom stereocenters. The Bertz CT molecular complexity index is 1150. The topological polar surface area (TPSA) is 70.8 Å². The van der Waals surface area contributed by atoms with Crippen LogP contribution in [0.25, 0.3) is 16.6 Å². The summed E-state index contributed by atoms with van der Waals surface area (Å²) in [7, 11) is 2.19. The Morgan fingerprint density at radius 3 is 2.65 bits per heavy atom. The molecule has 2 aromatic carbocycles. The van der Waals surface area contributed by atoms with Crippen LogP contribution in [0, 0.1) is 0 Å². The number of anilines is 1. The molecule has 1 fully saturated rings. The third-order valence-corrected chi connectivity index (χ3v) is 5.75. The van der Waals surface area contributed by atoms with Gasteiger partial charge in [0.05, 0.1) is 5.52 Å². The van der Waals surface area contributed by atoms with Crippen LogP contribution in [0.15, 0.2) is 54.9 Å². The van der Waals surface area contributed by atoms with Crippen LogP contribution in [0.2, 0.25) is 0 Å². The molecule has 1 saturated heterocycles. The van der Waals surface area contributed by atoms with Crippen LogP contribution in [-0.4, -0.2) is 75.7 Å². The minimum Gasteiger partial charge on any atom is -0.425 e. The molecule has 1 aliphatic heterocycles. The van der Waals surface area contributed by atoms with E-state index in [0.29, 0.717) is 6.01 Å². The zero-order chi connectivity index (χ0) is 21.0. The molecule has 0 saturated carbocycles. The van der Waals surface area contributed by atoms with Crippen LogP contribution < -0.4 is 10.1 Å². The Morgan fingerprint density at radius 1 is 1.00 bits per heavy atom. The molecule has 160 valence electrons. The van der Waals surface area contributed by atoms with E-state index in [-0.39, 0.29) is 0 Å². The predicted molar refractivity (Wildman–Crippen MR) is 122 cm³/mol. The lowest BCUT2D eigenvalue weighted by atomic mass is 10.2. The Kier molecular flexibility index (Phi) is 5.64. The van der Waals surface area contributed by atoms with Crippen molar-refractivity contribution in [2.75, 3.05) is 51.6 Å². The average molecular weight is 418 g/mol. The fraction of sp³-hybridized carbons (Fsp3) is 0.348. The van der Waals surface area contributed by atoms with Crippen molar-refractivity contribution in [2.45, 2.75) is 6.42 Å². The highest BCUT2D eigenvalue weighted by atomic mass is 16.5. The third-order valence-electron chi connectivity index (χ3n) is 5.75. The van der Waals surface area contributed by atoms with Gasteiger partial charge >= 0.3 is 6.01 Å². The number of ether oxygens (including phenoxy) is 1. The first-order chi connectivity index (χ1) is 15.3. The molecule has 0 bridgehead atoms. The lowest BCUT2D eigenvalue weighted by Gasteiger charge is -2.32. The number of fused-ring (bicyclic) bond motifs is 3. The van der Waals surface area contributed by atoms with Gasteiger partial charge in [0.15, 0.2) is 5.65 Å². The van der Waals surface area contributed by atoms with Crippen molar-refractivity contribution in [2.24, 2.45) is 0 Å². The van der Waals surface area contributed by atoms with E-state index < -0.39 is 0 Å². The molecule has 0 radical (unpaired) electrons. The second kappa shape index (κ2) is 8.87.